The highest BCUT2D eigenvalue weighted by Crippen LogP contribution is 2.18. The molecule has 1 amide bonds. The number of sulfonamides is 1. The summed E-state index contributed by atoms with van der Waals surface area (Å²) in [4.78, 5) is 11.6. The lowest BCUT2D eigenvalue weighted by molar-refractivity contribution is 0.159. The van der Waals surface area contributed by atoms with E-state index in [4.69, 9.17) is 4.74 Å². The number of benzene rings is 2. The molecule has 0 bridgehead atoms. The summed E-state index contributed by atoms with van der Waals surface area (Å²) in [5.41, 5.74) is 0.676. The van der Waals surface area contributed by atoms with E-state index in [2.05, 4.69) is 17.0 Å². The highest BCUT2D eigenvalue weighted by Gasteiger charge is 2.14. The molecule has 0 spiro atoms. The quantitative estimate of drug-likeness (QED) is 0.666. The Morgan fingerprint density at radius 1 is 1.00 bits per heavy atom. The van der Waals surface area contributed by atoms with Crippen LogP contribution in [0.25, 0.3) is 0 Å². The zero-order chi connectivity index (χ0) is 19.0. The Balaban J connectivity index is 1.95. The maximum atomic E-state index is 12.9. The third-order valence-corrected chi connectivity index (χ3v) is 4.89. The van der Waals surface area contributed by atoms with Crippen LogP contribution in [0.15, 0.2) is 53.4 Å². The van der Waals surface area contributed by atoms with Gasteiger partial charge in [-0.15, -0.1) is 0 Å². The van der Waals surface area contributed by atoms with Gasteiger partial charge in [-0.25, -0.2) is 17.6 Å². The van der Waals surface area contributed by atoms with Crippen LogP contribution in [0.1, 0.15) is 26.2 Å². The van der Waals surface area contributed by atoms with Gasteiger partial charge in [-0.3, -0.25) is 10.0 Å². The number of carbonyl (C=O) groups excluding carboxylic acids is 1. The second kappa shape index (κ2) is 9.19. The van der Waals surface area contributed by atoms with Gasteiger partial charge in [0.2, 0.25) is 0 Å². The van der Waals surface area contributed by atoms with Crippen molar-refractivity contribution in [3.05, 3.63) is 54.3 Å². The Hall–Kier alpha value is -2.61. The van der Waals surface area contributed by atoms with Crippen molar-refractivity contribution in [2.45, 2.75) is 31.1 Å². The van der Waals surface area contributed by atoms with Crippen LogP contribution in [0.5, 0.6) is 0 Å². The number of carbonyl (C=O) groups is 1. The first kappa shape index (κ1) is 19.7. The molecule has 8 heteroatoms. The standard InChI is InChI=1S/C18H21FN2O4S/c1-2-3-4-13-25-18(22)20-15-9-11-17(12-10-15)26(23,24)21-16-7-5-14(19)6-8-16/h5-12,21H,2-4,13H2,1H3,(H,20,22). The van der Waals surface area contributed by atoms with Gasteiger partial charge in [0, 0.05) is 11.4 Å². The average molecular weight is 380 g/mol. The first-order valence-corrected chi connectivity index (χ1v) is 9.71. The molecular weight excluding hydrogens is 359 g/mol. The number of hydrogen-bond donors (Lipinski definition) is 2. The molecule has 0 atom stereocenters. The molecule has 0 saturated heterocycles. The molecule has 0 aliphatic rings. The Morgan fingerprint density at radius 3 is 2.23 bits per heavy atom. The van der Waals surface area contributed by atoms with Crippen LogP contribution in [0.4, 0.5) is 20.6 Å². The molecule has 0 aliphatic heterocycles. The lowest BCUT2D eigenvalue weighted by Crippen LogP contribution is -2.15. The fourth-order valence-electron chi connectivity index (χ4n) is 2.12. The van der Waals surface area contributed by atoms with Crippen molar-refractivity contribution in [3.8, 4) is 0 Å². The van der Waals surface area contributed by atoms with Crippen LogP contribution < -0.4 is 10.0 Å². The number of hydrogen-bond acceptors (Lipinski definition) is 4. The van der Waals surface area contributed by atoms with Crippen molar-refractivity contribution in [2.75, 3.05) is 16.6 Å². The summed E-state index contributed by atoms with van der Waals surface area (Å²) in [5, 5.41) is 2.54. The summed E-state index contributed by atoms with van der Waals surface area (Å²) >= 11 is 0. The molecule has 2 aromatic rings. The van der Waals surface area contributed by atoms with E-state index in [1.807, 2.05) is 0 Å². The maximum Gasteiger partial charge on any atom is 0.411 e. The fraction of sp³-hybridized carbons (Fsp3) is 0.278. The van der Waals surface area contributed by atoms with Gasteiger partial charge < -0.3 is 4.74 Å². The summed E-state index contributed by atoms with van der Waals surface area (Å²) in [7, 11) is -3.81. The Labute approximate surface area is 152 Å². The predicted molar refractivity (Wildman–Crippen MR) is 98.1 cm³/mol. The second-order valence-corrected chi connectivity index (χ2v) is 7.29. The highest BCUT2D eigenvalue weighted by molar-refractivity contribution is 7.92. The monoisotopic (exact) mass is 380 g/mol. The van der Waals surface area contributed by atoms with Crippen molar-refractivity contribution in [1.29, 1.82) is 0 Å². The molecule has 0 aromatic heterocycles. The normalized spacial score (nSPS) is 11.0. The van der Waals surface area contributed by atoms with Crippen molar-refractivity contribution < 1.29 is 22.3 Å². The smallest absolute Gasteiger partial charge is 0.411 e. The van der Waals surface area contributed by atoms with E-state index in [0.717, 1.165) is 31.4 Å². The zero-order valence-electron chi connectivity index (χ0n) is 14.4. The van der Waals surface area contributed by atoms with Crippen LogP contribution >= 0.6 is 0 Å². The van der Waals surface area contributed by atoms with Crippen molar-refractivity contribution in [2.24, 2.45) is 0 Å². The molecule has 0 aliphatic carbocycles. The summed E-state index contributed by atoms with van der Waals surface area (Å²) in [6, 6.07) is 10.6. The van der Waals surface area contributed by atoms with Crippen LogP contribution in [0.3, 0.4) is 0 Å². The van der Waals surface area contributed by atoms with Crippen molar-refractivity contribution >= 4 is 27.5 Å². The van der Waals surface area contributed by atoms with E-state index < -0.39 is 21.9 Å². The van der Waals surface area contributed by atoms with Gasteiger partial charge in [-0.2, -0.15) is 0 Å². The Bertz CT molecular complexity index is 821. The van der Waals surface area contributed by atoms with Crippen LogP contribution in [0.2, 0.25) is 0 Å². The number of ether oxygens (including phenoxy) is 1. The first-order valence-electron chi connectivity index (χ1n) is 8.23. The fourth-order valence-corrected chi connectivity index (χ4v) is 3.18. The van der Waals surface area contributed by atoms with E-state index in [-0.39, 0.29) is 10.6 Å². The van der Waals surface area contributed by atoms with Crippen molar-refractivity contribution in [3.63, 3.8) is 0 Å². The molecular formula is C18H21FN2O4S. The molecule has 0 heterocycles. The lowest BCUT2D eigenvalue weighted by Gasteiger charge is -2.10. The van der Waals surface area contributed by atoms with E-state index in [1.54, 1.807) is 0 Å². The summed E-state index contributed by atoms with van der Waals surface area (Å²) in [6.45, 7) is 2.40. The minimum Gasteiger partial charge on any atom is -0.449 e. The SMILES string of the molecule is CCCCCOC(=O)Nc1ccc(S(=O)(=O)Nc2ccc(F)cc2)cc1. The molecule has 26 heavy (non-hydrogen) atoms. The number of nitrogens with one attached hydrogen (secondary N) is 2. The van der Waals surface area contributed by atoms with Gasteiger partial charge in [0.15, 0.2) is 0 Å². The largest absolute Gasteiger partial charge is 0.449 e. The second-order valence-electron chi connectivity index (χ2n) is 5.60. The maximum absolute atomic E-state index is 12.9. The number of anilines is 2. The molecule has 0 unspecified atom stereocenters. The predicted octanol–water partition coefficient (Wildman–Crippen LogP) is 4.37. The average Bonchev–Trinajstić information content (AvgIpc) is 2.61. The molecule has 2 N–H and O–H groups in total. The lowest BCUT2D eigenvalue weighted by atomic mass is 10.3. The molecule has 0 fully saturated rings. The van der Waals surface area contributed by atoms with Gasteiger partial charge in [-0.1, -0.05) is 19.8 Å². The number of rotatable bonds is 8. The molecule has 2 aromatic carbocycles. The number of unbranched alkanes of at least 4 members (excludes halogenated alkanes) is 2. The minimum atomic E-state index is -3.81. The molecule has 6 nitrogen and oxygen atoms in total. The van der Waals surface area contributed by atoms with Gasteiger partial charge >= 0.3 is 6.09 Å². The summed E-state index contributed by atoms with van der Waals surface area (Å²) in [6.07, 6.45) is 2.24. The molecule has 0 radical (unpaired) electrons. The van der Waals surface area contributed by atoms with Gasteiger partial charge in [-0.05, 0) is 55.0 Å². The summed E-state index contributed by atoms with van der Waals surface area (Å²) < 4.78 is 44.9. The van der Waals surface area contributed by atoms with E-state index in [9.17, 15) is 17.6 Å². The van der Waals surface area contributed by atoms with Crippen LogP contribution in [-0.2, 0) is 14.8 Å². The number of halogens is 1. The van der Waals surface area contributed by atoms with Crippen molar-refractivity contribution in [1.82, 2.24) is 0 Å². The first-order chi connectivity index (χ1) is 12.4. The van der Waals surface area contributed by atoms with E-state index in [0.29, 0.717) is 12.3 Å². The highest BCUT2D eigenvalue weighted by atomic mass is 32.2. The van der Waals surface area contributed by atoms with E-state index >= 15 is 0 Å². The molecule has 140 valence electrons. The molecule has 2 rings (SSSR count). The number of amides is 1. The van der Waals surface area contributed by atoms with Gasteiger partial charge in [0.25, 0.3) is 10.0 Å². The third kappa shape index (κ3) is 6.03. The van der Waals surface area contributed by atoms with Crippen LogP contribution in [-0.4, -0.2) is 21.1 Å². The van der Waals surface area contributed by atoms with Crippen LogP contribution in [0, 0.1) is 5.82 Å². The Kier molecular flexibility index (Phi) is 6.97. The summed E-state index contributed by atoms with van der Waals surface area (Å²) in [5.74, 6) is -0.454. The third-order valence-electron chi connectivity index (χ3n) is 3.49. The minimum absolute atomic E-state index is 0.0173. The van der Waals surface area contributed by atoms with Gasteiger partial charge in [0.05, 0.1) is 11.5 Å². The zero-order valence-corrected chi connectivity index (χ0v) is 15.2. The topological polar surface area (TPSA) is 84.5 Å². The molecule has 0 saturated carbocycles. The van der Waals surface area contributed by atoms with E-state index in [1.165, 1.54) is 36.4 Å². The Morgan fingerprint density at radius 2 is 1.62 bits per heavy atom. The van der Waals surface area contributed by atoms with Gasteiger partial charge in [0.1, 0.15) is 5.82 Å².